The van der Waals surface area contributed by atoms with Gasteiger partial charge in [-0.25, -0.2) is 9.78 Å². The zero-order valence-electron chi connectivity index (χ0n) is 11.9. The standard InChI is InChI=1S/C15H21ClN2O2/c1-9(2)10-5-3-4-6-12(10)17-13-8-7-11(16)14(18-13)15(19)20/h7-10,12H,3-6H2,1-2H3,(H,17,18)(H,19,20). The molecule has 0 amide bonds. The highest BCUT2D eigenvalue weighted by atomic mass is 35.5. The van der Waals surface area contributed by atoms with Gasteiger partial charge >= 0.3 is 5.97 Å². The first-order chi connectivity index (χ1) is 9.49. The molecular formula is C15H21ClN2O2. The van der Waals surface area contributed by atoms with Crippen molar-refractivity contribution in [1.29, 1.82) is 0 Å². The number of nitrogens with zero attached hydrogens (tertiary/aromatic N) is 1. The van der Waals surface area contributed by atoms with Crippen molar-refractivity contribution >= 4 is 23.4 Å². The number of carboxylic acid groups (broad SMARTS) is 1. The van der Waals surface area contributed by atoms with Crippen molar-refractivity contribution in [2.24, 2.45) is 11.8 Å². The Bertz CT molecular complexity index is 491. The number of nitrogens with one attached hydrogen (secondary N) is 1. The Balaban J connectivity index is 2.16. The lowest BCUT2D eigenvalue weighted by Gasteiger charge is -2.35. The molecule has 0 aliphatic heterocycles. The van der Waals surface area contributed by atoms with Gasteiger partial charge in [-0.3, -0.25) is 0 Å². The lowest BCUT2D eigenvalue weighted by Crippen LogP contribution is -2.35. The average Bonchev–Trinajstić information content (AvgIpc) is 2.41. The second kappa shape index (κ2) is 6.44. The first kappa shape index (κ1) is 15.1. The summed E-state index contributed by atoms with van der Waals surface area (Å²) < 4.78 is 0. The molecule has 0 spiro atoms. The van der Waals surface area contributed by atoms with E-state index in [0.29, 0.717) is 23.7 Å². The number of carbonyl (C=O) groups is 1. The number of carboxylic acids is 1. The van der Waals surface area contributed by atoms with Gasteiger partial charge < -0.3 is 10.4 Å². The van der Waals surface area contributed by atoms with Crippen LogP contribution in [0.3, 0.4) is 0 Å². The van der Waals surface area contributed by atoms with Crippen molar-refractivity contribution in [3.63, 3.8) is 0 Å². The summed E-state index contributed by atoms with van der Waals surface area (Å²) in [6.45, 7) is 4.48. The molecular weight excluding hydrogens is 276 g/mol. The van der Waals surface area contributed by atoms with E-state index >= 15 is 0 Å². The maximum Gasteiger partial charge on any atom is 0.356 e. The molecule has 1 aromatic heterocycles. The van der Waals surface area contributed by atoms with Crippen molar-refractivity contribution in [1.82, 2.24) is 4.98 Å². The minimum atomic E-state index is -1.09. The molecule has 1 aromatic rings. The van der Waals surface area contributed by atoms with Gasteiger partial charge in [0.15, 0.2) is 5.69 Å². The Morgan fingerprint density at radius 2 is 2.10 bits per heavy atom. The van der Waals surface area contributed by atoms with Gasteiger partial charge in [0.1, 0.15) is 5.82 Å². The Morgan fingerprint density at radius 1 is 1.40 bits per heavy atom. The summed E-state index contributed by atoms with van der Waals surface area (Å²) in [6.07, 6.45) is 4.81. The zero-order chi connectivity index (χ0) is 14.7. The van der Waals surface area contributed by atoms with E-state index in [4.69, 9.17) is 16.7 Å². The van der Waals surface area contributed by atoms with E-state index in [1.165, 1.54) is 19.3 Å². The van der Waals surface area contributed by atoms with E-state index in [9.17, 15) is 4.79 Å². The second-order valence-corrected chi connectivity index (χ2v) is 6.18. The molecule has 20 heavy (non-hydrogen) atoms. The molecule has 5 heteroatoms. The number of anilines is 1. The lowest BCUT2D eigenvalue weighted by atomic mass is 9.78. The van der Waals surface area contributed by atoms with Gasteiger partial charge in [-0.15, -0.1) is 0 Å². The summed E-state index contributed by atoms with van der Waals surface area (Å²) in [7, 11) is 0. The van der Waals surface area contributed by atoms with Crippen LogP contribution in [0, 0.1) is 11.8 Å². The molecule has 110 valence electrons. The number of aromatic carboxylic acids is 1. The summed E-state index contributed by atoms with van der Waals surface area (Å²) >= 11 is 5.84. The molecule has 1 aliphatic rings. The highest BCUT2D eigenvalue weighted by molar-refractivity contribution is 6.33. The van der Waals surface area contributed by atoms with E-state index in [1.54, 1.807) is 12.1 Å². The maximum absolute atomic E-state index is 11.1. The summed E-state index contributed by atoms with van der Waals surface area (Å²) in [4.78, 5) is 15.2. The third-order valence-electron chi connectivity index (χ3n) is 4.06. The smallest absolute Gasteiger partial charge is 0.356 e. The van der Waals surface area contributed by atoms with Crippen LogP contribution in [-0.2, 0) is 0 Å². The summed E-state index contributed by atoms with van der Waals surface area (Å²) in [6, 6.07) is 3.70. The topological polar surface area (TPSA) is 62.2 Å². The molecule has 0 saturated heterocycles. The fourth-order valence-corrected chi connectivity index (χ4v) is 3.19. The summed E-state index contributed by atoms with van der Waals surface area (Å²) in [5.74, 6) is 0.723. The van der Waals surface area contributed by atoms with Crippen molar-refractivity contribution in [3.8, 4) is 0 Å². The molecule has 4 nitrogen and oxygen atoms in total. The molecule has 2 N–H and O–H groups in total. The van der Waals surface area contributed by atoms with Gasteiger partial charge in [-0.1, -0.05) is 38.3 Å². The molecule has 1 saturated carbocycles. The van der Waals surface area contributed by atoms with Gasteiger partial charge in [0.05, 0.1) is 5.02 Å². The van der Waals surface area contributed by atoms with Crippen molar-refractivity contribution < 1.29 is 9.90 Å². The molecule has 0 aromatic carbocycles. The number of halogens is 1. The number of pyridine rings is 1. The fourth-order valence-electron chi connectivity index (χ4n) is 3.00. The maximum atomic E-state index is 11.1. The van der Waals surface area contributed by atoms with Crippen LogP contribution in [0.5, 0.6) is 0 Å². The average molecular weight is 297 g/mol. The predicted octanol–water partition coefficient (Wildman–Crippen LogP) is 4.06. The largest absolute Gasteiger partial charge is 0.476 e. The minimum absolute atomic E-state index is 0.0893. The summed E-state index contributed by atoms with van der Waals surface area (Å²) in [5.41, 5.74) is -0.0893. The SMILES string of the molecule is CC(C)C1CCCCC1Nc1ccc(Cl)c(C(=O)O)n1. The van der Waals surface area contributed by atoms with E-state index in [1.807, 2.05) is 0 Å². The van der Waals surface area contributed by atoms with Crippen LogP contribution >= 0.6 is 11.6 Å². The minimum Gasteiger partial charge on any atom is -0.476 e. The van der Waals surface area contributed by atoms with Crippen LogP contribution in [-0.4, -0.2) is 22.1 Å². The van der Waals surface area contributed by atoms with Crippen LogP contribution in [0.4, 0.5) is 5.82 Å². The first-order valence-electron chi connectivity index (χ1n) is 7.15. The lowest BCUT2D eigenvalue weighted by molar-refractivity contribution is 0.0691. The van der Waals surface area contributed by atoms with Crippen LogP contribution < -0.4 is 5.32 Å². The highest BCUT2D eigenvalue weighted by Crippen LogP contribution is 2.32. The zero-order valence-corrected chi connectivity index (χ0v) is 12.7. The molecule has 0 radical (unpaired) electrons. The Kier molecular flexibility index (Phi) is 4.86. The quantitative estimate of drug-likeness (QED) is 0.879. The molecule has 1 aliphatic carbocycles. The highest BCUT2D eigenvalue weighted by Gasteiger charge is 2.27. The van der Waals surface area contributed by atoms with Gasteiger partial charge in [-0.2, -0.15) is 0 Å². The van der Waals surface area contributed by atoms with E-state index in [0.717, 1.165) is 6.42 Å². The van der Waals surface area contributed by atoms with E-state index in [2.05, 4.69) is 24.1 Å². The molecule has 2 unspecified atom stereocenters. The Morgan fingerprint density at radius 3 is 2.75 bits per heavy atom. The van der Waals surface area contributed by atoms with Gasteiger partial charge in [0.2, 0.25) is 0 Å². The monoisotopic (exact) mass is 296 g/mol. The summed E-state index contributed by atoms with van der Waals surface area (Å²) in [5, 5.41) is 12.6. The fraction of sp³-hybridized carbons (Fsp3) is 0.600. The second-order valence-electron chi connectivity index (χ2n) is 5.78. The van der Waals surface area contributed by atoms with E-state index in [-0.39, 0.29) is 10.7 Å². The predicted molar refractivity (Wildman–Crippen MR) is 80.4 cm³/mol. The van der Waals surface area contributed by atoms with Gasteiger partial charge in [-0.05, 0) is 36.8 Å². The molecule has 2 rings (SSSR count). The molecule has 2 atom stereocenters. The first-order valence-corrected chi connectivity index (χ1v) is 7.53. The van der Waals surface area contributed by atoms with Crippen molar-refractivity contribution in [2.75, 3.05) is 5.32 Å². The molecule has 1 fully saturated rings. The molecule has 0 bridgehead atoms. The van der Waals surface area contributed by atoms with Gasteiger partial charge in [0, 0.05) is 6.04 Å². The number of hydrogen-bond acceptors (Lipinski definition) is 3. The van der Waals surface area contributed by atoms with Crippen molar-refractivity contribution in [2.45, 2.75) is 45.6 Å². The Labute approximate surface area is 124 Å². The third-order valence-corrected chi connectivity index (χ3v) is 4.36. The third kappa shape index (κ3) is 3.42. The van der Waals surface area contributed by atoms with Crippen LogP contribution in [0.2, 0.25) is 5.02 Å². The van der Waals surface area contributed by atoms with Gasteiger partial charge in [0.25, 0.3) is 0 Å². The number of aromatic nitrogens is 1. The number of hydrogen-bond donors (Lipinski definition) is 2. The number of rotatable bonds is 4. The van der Waals surface area contributed by atoms with Crippen LogP contribution in [0.1, 0.15) is 50.0 Å². The Hall–Kier alpha value is -1.29. The van der Waals surface area contributed by atoms with Crippen molar-refractivity contribution in [3.05, 3.63) is 22.8 Å². The normalized spacial score (nSPS) is 22.8. The molecule has 1 heterocycles. The van der Waals surface area contributed by atoms with Crippen LogP contribution in [0.25, 0.3) is 0 Å². The van der Waals surface area contributed by atoms with Crippen LogP contribution in [0.15, 0.2) is 12.1 Å². The van der Waals surface area contributed by atoms with E-state index < -0.39 is 5.97 Å².